The fourth-order valence-electron chi connectivity index (χ4n) is 1.98. The number of nitrogens with one attached hydrogen (secondary N) is 1. The highest BCUT2D eigenvalue weighted by molar-refractivity contribution is 4.97. The van der Waals surface area contributed by atoms with E-state index in [9.17, 15) is 0 Å². The predicted octanol–water partition coefficient (Wildman–Crippen LogP) is 0.976. The monoisotopic (exact) mass is 206 g/mol. The molecule has 2 rings (SSSR count). The van der Waals surface area contributed by atoms with Crippen LogP contribution < -0.4 is 5.32 Å². The first-order valence-electron chi connectivity index (χ1n) is 5.76. The van der Waals surface area contributed by atoms with Crippen molar-refractivity contribution in [2.45, 2.75) is 32.6 Å². The van der Waals surface area contributed by atoms with Crippen LogP contribution in [0.15, 0.2) is 6.20 Å². The Balaban J connectivity index is 1.96. The average Bonchev–Trinajstić information content (AvgIpc) is 2.31. The molecule has 1 aromatic rings. The van der Waals surface area contributed by atoms with Crippen LogP contribution in [-0.2, 0) is 12.8 Å². The van der Waals surface area contributed by atoms with E-state index in [2.05, 4.69) is 27.4 Å². The van der Waals surface area contributed by atoms with Crippen LogP contribution in [0.2, 0.25) is 0 Å². The SMILES string of the molecule is CCc1cnnc(CC2CCNCC2)n1. The molecule has 2 heterocycles. The number of hydrogen-bond acceptors (Lipinski definition) is 4. The van der Waals surface area contributed by atoms with Crippen molar-refractivity contribution in [1.29, 1.82) is 0 Å². The van der Waals surface area contributed by atoms with Gasteiger partial charge in [-0.3, -0.25) is 0 Å². The number of aromatic nitrogens is 3. The van der Waals surface area contributed by atoms with E-state index in [1.165, 1.54) is 12.8 Å². The van der Waals surface area contributed by atoms with Crippen LogP contribution in [0.5, 0.6) is 0 Å². The second-order valence-corrected chi connectivity index (χ2v) is 4.11. The van der Waals surface area contributed by atoms with E-state index >= 15 is 0 Å². The first-order chi connectivity index (χ1) is 7.38. The fourth-order valence-corrected chi connectivity index (χ4v) is 1.98. The van der Waals surface area contributed by atoms with E-state index in [0.717, 1.165) is 43.4 Å². The molecule has 4 heteroatoms. The lowest BCUT2D eigenvalue weighted by Crippen LogP contribution is -2.29. The van der Waals surface area contributed by atoms with Gasteiger partial charge in [0, 0.05) is 6.42 Å². The third kappa shape index (κ3) is 2.96. The van der Waals surface area contributed by atoms with Crippen molar-refractivity contribution in [3.05, 3.63) is 17.7 Å². The van der Waals surface area contributed by atoms with Crippen LogP contribution in [-0.4, -0.2) is 28.3 Å². The van der Waals surface area contributed by atoms with E-state index in [1.807, 2.05) is 0 Å². The summed E-state index contributed by atoms with van der Waals surface area (Å²) in [6.07, 6.45) is 6.16. The fraction of sp³-hybridized carbons (Fsp3) is 0.727. The van der Waals surface area contributed by atoms with Gasteiger partial charge >= 0.3 is 0 Å². The second-order valence-electron chi connectivity index (χ2n) is 4.11. The molecular weight excluding hydrogens is 188 g/mol. The largest absolute Gasteiger partial charge is 0.317 e. The quantitative estimate of drug-likeness (QED) is 0.801. The van der Waals surface area contributed by atoms with Crippen molar-refractivity contribution in [2.24, 2.45) is 5.92 Å². The molecule has 0 aliphatic carbocycles. The van der Waals surface area contributed by atoms with Gasteiger partial charge in [0.25, 0.3) is 0 Å². The molecule has 0 atom stereocenters. The molecule has 0 spiro atoms. The number of piperidine rings is 1. The number of aryl methyl sites for hydroxylation is 1. The van der Waals surface area contributed by atoms with Crippen LogP contribution in [0, 0.1) is 5.92 Å². The molecule has 1 fully saturated rings. The van der Waals surface area contributed by atoms with Gasteiger partial charge in [0.2, 0.25) is 0 Å². The van der Waals surface area contributed by atoms with E-state index in [1.54, 1.807) is 6.20 Å². The van der Waals surface area contributed by atoms with E-state index < -0.39 is 0 Å². The van der Waals surface area contributed by atoms with Crippen LogP contribution in [0.1, 0.15) is 31.3 Å². The predicted molar refractivity (Wildman–Crippen MR) is 58.5 cm³/mol. The molecule has 4 nitrogen and oxygen atoms in total. The first kappa shape index (κ1) is 10.5. The summed E-state index contributed by atoms with van der Waals surface area (Å²) in [5, 5.41) is 11.5. The molecule has 15 heavy (non-hydrogen) atoms. The van der Waals surface area contributed by atoms with E-state index in [0.29, 0.717) is 0 Å². The van der Waals surface area contributed by atoms with Gasteiger partial charge in [-0.05, 0) is 38.3 Å². The summed E-state index contributed by atoms with van der Waals surface area (Å²) in [7, 11) is 0. The standard InChI is InChI=1S/C11H18N4/c1-2-10-8-13-15-11(14-10)7-9-3-5-12-6-4-9/h8-9,12H,2-7H2,1H3. The molecule has 0 bridgehead atoms. The average molecular weight is 206 g/mol. The van der Waals surface area contributed by atoms with E-state index in [-0.39, 0.29) is 0 Å². The van der Waals surface area contributed by atoms with Gasteiger partial charge in [-0.2, -0.15) is 5.10 Å². The minimum atomic E-state index is 0.736. The molecule has 1 saturated heterocycles. The summed E-state index contributed by atoms with van der Waals surface area (Å²) in [6.45, 7) is 4.36. The lowest BCUT2D eigenvalue weighted by Gasteiger charge is -2.21. The molecule has 0 saturated carbocycles. The Labute approximate surface area is 90.5 Å². The van der Waals surface area contributed by atoms with Crippen molar-refractivity contribution in [1.82, 2.24) is 20.5 Å². The lowest BCUT2D eigenvalue weighted by molar-refractivity contribution is 0.365. The number of nitrogens with zero attached hydrogens (tertiary/aromatic N) is 3. The molecule has 0 amide bonds. The summed E-state index contributed by atoms with van der Waals surface area (Å²) in [4.78, 5) is 4.49. The highest BCUT2D eigenvalue weighted by atomic mass is 15.1. The second kappa shape index (κ2) is 5.16. The van der Waals surface area contributed by atoms with Gasteiger partial charge in [0.05, 0.1) is 11.9 Å². The zero-order valence-electron chi connectivity index (χ0n) is 9.24. The Morgan fingerprint density at radius 1 is 1.40 bits per heavy atom. The van der Waals surface area contributed by atoms with Crippen LogP contribution in [0.4, 0.5) is 0 Å². The summed E-state index contributed by atoms with van der Waals surface area (Å²) < 4.78 is 0. The number of hydrogen-bond donors (Lipinski definition) is 1. The summed E-state index contributed by atoms with van der Waals surface area (Å²) in [5.41, 5.74) is 1.05. The van der Waals surface area contributed by atoms with Crippen molar-refractivity contribution in [3.63, 3.8) is 0 Å². The van der Waals surface area contributed by atoms with Crippen molar-refractivity contribution in [2.75, 3.05) is 13.1 Å². The van der Waals surface area contributed by atoms with Crippen LogP contribution in [0.3, 0.4) is 0 Å². The molecule has 82 valence electrons. The topological polar surface area (TPSA) is 50.7 Å². The maximum atomic E-state index is 4.49. The molecule has 1 N–H and O–H groups in total. The lowest BCUT2D eigenvalue weighted by atomic mass is 9.94. The molecule has 1 aromatic heterocycles. The Morgan fingerprint density at radius 3 is 2.93 bits per heavy atom. The molecule has 0 unspecified atom stereocenters. The van der Waals surface area contributed by atoms with Crippen molar-refractivity contribution in [3.8, 4) is 0 Å². The number of rotatable bonds is 3. The Kier molecular flexibility index (Phi) is 3.61. The highest BCUT2D eigenvalue weighted by Crippen LogP contribution is 2.15. The van der Waals surface area contributed by atoms with Crippen LogP contribution >= 0.6 is 0 Å². The van der Waals surface area contributed by atoms with Gasteiger partial charge < -0.3 is 5.32 Å². The third-order valence-corrected chi connectivity index (χ3v) is 2.94. The minimum absolute atomic E-state index is 0.736. The Hall–Kier alpha value is -1.03. The van der Waals surface area contributed by atoms with Crippen molar-refractivity contribution >= 4 is 0 Å². The Bertz CT molecular complexity index is 307. The van der Waals surface area contributed by atoms with Gasteiger partial charge in [-0.1, -0.05) is 6.92 Å². The normalized spacial score (nSPS) is 17.9. The first-order valence-corrected chi connectivity index (χ1v) is 5.76. The maximum absolute atomic E-state index is 4.49. The summed E-state index contributed by atoms with van der Waals surface area (Å²) in [5.74, 6) is 1.65. The molecular formula is C11H18N4. The van der Waals surface area contributed by atoms with Gasteiger partial charge in [-0.15, -0.1) is 5.10 Å². The zero-order chi connectivity index (χ0) is 10.5. The van der Waals surface area contributed by atoms with Gasteiger partial charge in [-0.25, -0.2) is 4.98 Å². The molecule has 0 aromatic carbocycles. The van der Waals surface area contributed by atoms with Crippen LogP contribution in [0.25, 0.3) is 0 Å². The Morgan fingerprint density at radius 2 is 2.20 bits per heavy atom. The smallest absolute Gasteiger partial charge is 0.151 e. The van der Waals surface area contributed by atoms with Gasteiger partial charge in [0.1, 0.15) is 0 Å². The molecule has 1 aliphatic rings. The molecule has 1 aliphatic heterocycles. The minimum Gasteiger partial charge on any atom is -0.317 e. The van der Waals surface area contributed by atoms with Crippen molar-refractivity contribution < 1.29 is 0 Å². The third-order valence-electron chi connectivity index (χ3n) is 2.94. The highest BCUT2D eigenvalue weighted by Gasteiger charge is 2.15. The van der Waals surface area contributed by atoms with Gasteiger partial charge in [0.15, 0.2) is 5.82 Å². The summed E-state index contributed by atoms with van der Waals surface area (Å²) in [6, 6.07) is 0. The van der Waals surface area contributed by atoms with E-state index in [4.69, 9.17) is 0 Å². The molecule has 0 radical (unpaired) electrons. The summed E-state index contributed by atoms with van der Waals surface area (Å²) >= 11 is 0. The maximum Gasteiger partial charge on any atom is 0.151 e. The zero-order valence-corrected chi connectivity index (χ0v) is 9.24.